The number of aromatic nitrogens is 6. The zero-order chi connectivity index (χ0) is 17.2. The van der Waals surface area contributed by atoms with Gasteiger partial charge in [-0.05, 0) is 19.1 Å². The zero-order valence-electron chi connectivity index (χ0n) is 13.9. The highest BCUT2D eigenvalue weighted by Gasteiger charge is 2.19. The lowest BCUT2D eigenvalue weighted by Gasteiger charge is -1.98. The van der Waals surface area contributed by atoms with E-state index in [0.717, 1.165) is 22.6 Å². The van der Waals surface area contributed by atoms with E-state index in [1.807, 2.05) is 41.9 Å². The molecule has 8 heteroatoms. The van der Waals surface area contributed by atoms with E-state index >= 15 is 0 Å². The van der Waals surface area contributed by atoms with Crippen LogP contribution in [0.15, 0.2) is 53.9 Å². The van der Waals surface area contributed by atoms with E-state index in [2.05, 4.69) is 50.0 Å². The molecule has 0 aliphatic heterocycles. The van der Waals surface area contributed by atoms with E-state index < -0.39 is 0 Å². The summed E-state index contributed by atoms with van der Waals surface area (Å²) in [7, 11) is 0. The molecule has 3 heterocycles. The number of para-hydroxylation sites is 1. The van der Waals surface area contributed by atoms with Crippen LogP contribution in [0.5, 0.6) is 0 Å². The first-order chi connectivity index (χ1) is 12.2. The molecular weight excluding hydrogens is 316 g/mol. The molecule has 1 aromatic carbocycles. The minimum absolute atomic E-state index is 0.616. The molecule has 4 rings (SSSR count). The first-order valence-corrected chi connectivity index (χ1v) is 7.85. The predicted molar refractivity (Wildman–Crippen MR) is 93.8 cm³/mol. The van der Waals surface area contributed by atoms with Crippen molar-refractivity contribution >= 4 is 17.7 Å². The smallest absolute Gasteiger partial charge is 0.235 e. The second-order valence-electron chi connectivity index (χ2n) is 5.63. The number of hydrogen-bond donors (Lipinski definition) is 2. The maximum Gasteiger partial charge on any atom is 0.235 e. The summed E-state index contributed by atoms with van der Waals surface area (Å²) in [5.41, 5.74) is 7.85. The lowest BCUT2D eigenvalue weighted by atomic mass is 10.2. The molecule has 8 nitrogen and oxygen atoms in total. The highest BCUT2D eigenvalue weighted by Crippen LogP contribution is 2.09. The Labute approximate surface area is 143 Å². The van der Waals surface area contributed by atoms with Crippen LogP contribution in [0.2, 0.25) is 0 Å². The Hall–Kier alpha value is -3.55. The molecule has 3 aromatic heterocycles. The number of benzene rings is 1. The summed E-state index contributed by atoms with van der Waals surface area (Å²) < 4.78 is 3.63. The maximum absolute atomic E-state index is 4.32. The second-order valence-corrected chi connectivity index (χ2v) is 5.63. The van der Waals surface area contributed by atoms with Gasteiger partial charge in [0.05, 0.1) is 17.5 Å². The highest BCUT2D eigenvalue weighted by molar-refractivity contribution is 5.82. The Morgan fingerprint density at radius 2 is 2.00 bits per heavy atom. The van der Waals surface area contributed by atoms with E-state index in [0.29, 0.717) is 11.5 Å². The lowest BCUT2D eigenvalue weighted by molar-refractivity contribution is -0.661. The summed E-state index contributed by atoms with van der Waals surface area (Å²) in [5, 5.41) is 19.7. The van der Waals surface area contributed by atoms with Gasteiger partial charge in [-0.25, -0.2) is 0 Å². The van der Waals surface area contributed by atoms with Crippen LogP contribution in [0.1, 0.15) is 17.0 Å². The predicted octanol–water partition coefficient (Wildman–Crippen LogP) is 1.79. The number of anilines is 1. The van der Waals surface area contributed by atoms with E-state index in [1.54, 1.807) is 17.1 Å². The van der Waals surface area contributed by atoms with Gasteiger partial charge in [0.25, 0.3) is 0 Å². The van der Waals surface area contributed by atoms with Crippen LogP contribution < -0.4 is 10.1 Å². The Balaban J connectivity index is 1.58. The Kier molecular flexibility index (Phi) is 3.70. The maximum atomic E-state index is 4.32. The first kappa shape index (κ1) is 15.0. The number of nitrogens with one attached hydrogen (secondary N) is 2. The molecule has 4 aromatic rings. The SMILES string of the molecule is Cc1[nH][n+](-c2ccccc2)c(C)c1/C=N/Nc1ccc2nncn2n1. The van der Waals surface area contributed by atoms with Crippen molar-refractivity contribution < 1.29 is 4.68 Å². The number of aromatic amines is 1. The number of hydrazone groups is 1. The molecule has 0 fully saturated rings. The third-order valence-electron chi connectivity index (χ3n) is 3.96. The molecular formula is C17H17N8+. The molecule has 2 N–H and O–H groups in total. The molecule has 0 unspecified atom stereocenters. The zero-order valence-corrected chi connectivity index (χ0v) is 13.9. The number of fused-ring (bicyclic) bond motifs is 1. The van der Waals surface area contributed by atoms with Crippen molar-refractivity contribution in [1.29, 1.82) is 0 Å². The van der Waals surface area contributed by atoms with Crippen molar-refractivity contribution in [2.75, 3.05) is 5.43 Å². The third-order valence-corrected chi connectivity index (χ3v) is 3.96. The van der Waals surface area contributed by atoms with Crippen LogP contribution in [-0.2, 0) is 0 Å². The fourth-order valence-electron chi connectivity index (χ4n) is 2.68. The average molecular weight is 333 g/mol. The van der Waals surface area contributed by atoms with Gasteiger partial charge >= 0.3 is 0 Å². The van der Waals surface area contributed by atoms with Gasteiger partial charge in [0.15, 0.2) is 11.5 Å². The highest BCUT2D eigenvalue weighted by atomic mass is 15.4. The third kappa shape index (κ3) is 2.85. The van der Waals surface area contributed by atoms with Crippen LogP contribution in [-0.4, -0.2) is 31.1 Å². The summed E-state index contributed by atoms with van der Waals surface area (Å²) in [4.78, 5) is 0. The second kappa shape index (κ2) is 6.16. The molecule has 0 amide bonds. The normalized spacial score (nSPS) is 11.4. The minimum Gasteiger partial charge on any atom is -0.260 e. The Morgan fingerprint density at radius 3 is 2.84 bits per heavy atom. The fourth-order valence-corrected chi connectivity index (χ4v) is 2.68. The summed E-state index contributed by atoms with van der Waals surface area (Å²) >= 11 is 0. The van der Waals surface area contributed by atoms with E-state index in [9.17, 15) is 0 Å². The molecule has 0 saturated carbocycles. The van der Waals surface area contributed by atoms with Crippen LogP contribution >= 0.6 is 0 Å². The van der Waals surface area contributed by atoms with Gasteiger partial charge in [0.2, 0.25) is 11.4 Å². The van der Waals surface area contributed by atoms with E-state index in [1.165, 1.54) is 0 Å². The Morgan fingerprint density at radius 1 is 1.16 bits per heavy atom. The molecule has 0 aliphatic carbocycles. The van der Waals surface area contributed by atoms with Gasteiger partial charge in [0.1, 0.15) is 6.33 Å². The monoisotopic (exact) mass is 333 g/mol. The van der Waals surface area contributed by atoms with Gasteiger partial charge in [-0.3, -0.25) is 5.43 Å². The fraction of sp³-hybridized carbons (Fsp3) is 0.118. The largest absolute Gasteiger partial charge is 0.260 e. The topological polar surface area (TPSA) is 87.1 Å². The Bertz CT molecular complexity index is 1050. The summed E-state index contributed by atoms with van der Waals surface area (Å²) in [6.45, 7) is 4.08. The number of nitrogens with zero attached hydrogens (tertiary/aromatic N) is 6. The van der Waals surface area contributed by atoms with E-state index in [4.69, 9.17) is 0 Å². The lowest BCUT2D eigenvalue weighted by Crippen LogP contribution is -2.35. The van der Waals surface area contributed by atoms with E-state index in [-0.39, 0.29) is 0 Å². The van der Waals surface area contributed by atoms with Gasteiger partial charge < -0.3 is 0 Å². The number of rotatable bonds is 4. The van der Waals surface area contributed by atoms with Crippen molar-refractivity contribution in [2.45, 2.75) is 13.8 Å². The van der Waals surface area contributed by atoms with Crippen molar-refractivity contribution in [3.8, 4) is 5.69 Å². The summed E-state index contributed by atoms with van der Waals surface area (Å²) in [6, 6.07) is 13.8. The molecule has 124 valence electrons. The number of aryl methyl sites for hydroxylation is 1. The average Bonchev–Trinajstić information content (AvgIpc) is 3.21. The first-order valence-electron chi connectivity index (χ1n) is 7.85. The quantitative estimate of drug-likeness (QED) is 0.339. The standard InChI is InChI=1S/C17H16N8/c1-12-15(13(2)25(22-12)14-6-4-3-5-7-14)10-18-20-16-8-9-17-21-19-11-24(17)23-16/h3-11H,1-2H3,(H,20,23)/p+1/b18-10+. The molecule has 25 heavy (non-hydrogen) atoms. The van der Waals surface area contributed by atoms with Gasteiger partial charge in [-0.15, -0.1) is 15.3 Å². The van der Waals surface area contributed by atoms with Gasteiger partial charge in [0, 0.05) is 19.1 Å². The number of hydrogen-bond acceptors (Lipinski definition) is 5. The molecule has 0 radical (unpaired) electrons. The van der Waals surface area contributed by atoms with Gasteiger partial charge in [-0.1, -0.05) is 22.9 Å². The molecule has 0 spiro atoms. The van der Waals surface area contributed by atoms with Crippen LogP contribution in [0.3, 0.4) is 0 Å². The molecule has 0 bridgehead atoms. The molecule has 0 atom stereocenters. The van der Waals surface area contributed by atoms with Crippen molar-refractivity contribution in [2.24, 2.45) is 5.10 Å². The van der Waals surface area contributed by atoms with Crippen LogP contribution in [0.4, 0.5) is 5.82 Å². The molecule has 0 aliphatic rings. The van der Waals surface area contributed by atoms with Crippen LogP contribution in [0, 0.1) is 13.8 Å². The van der Waals surface area contributed by atoms with Gasteiger partial charge in [-0.2, -0.15) is 14.7 Å². The summed E-state index contributed by atoms with van der Waals surface area (Å²) in [5.74, 6) is 0.616. The molecule has 0 saturated heterocycles. The number of H-pyrrole nitrogens is 1. The van der Waals surface area contributed by atoms with Crippen molar-refractivity contribution in [1.82, 2.24) is 24.9 Å². The van der Waals surface area contributed by atoms with Crippen LogP contribution in [0.25, 0.3) is 11.3 Å². The van der Waals surface area contributed by atoms with Crippen molar-refractivity contribution in [3.63, 3.8) is 0 Å². The minimum atomic E-state index is 0.616. The summed E-state index contributed by atoms with van der Waals surface area (Å²) in [6.07, 6.45) is 3.34. The van der Waals surface area contributed by atoms with Crippen molar-refractivity contribution in [3.05, 3.63) is 65.7 Å².